The lowest BCUT2D eigenvalue weighted by molar-refractivity contribution is 0.0420. The predicted molar refractivity (Wildman–Crippen MR) is 134 cm³/mol. The Morgan fingerprint density at radius 2 is 1.69 bits per heavy atom. The molecule has 184 valence electrons. The second kappa shape index (κ2) is 10.5. The average Bonchev–Trinajstić information content (AvgIpc) is 3.31. The Hall–Kier alpha value is -3.39. The van der Waals surface area contributed by atoms with Crippen LogP contribution >= 0.6 is 0 Å². The molecule has 0 aliphatic carbocycles. The zero-order chi connectivity index (χ0) is 24.2. The van der Waals surface area contributed by atoms with E-state index in [9.17, 15) is 4.79 Å². The van der Waals surface area contributed by atoms with Gasteiger partial charge < -0.3 is 14.4 Å². The lowest BCUT2D eigenvalue weighted by Gasteiger charge is -2.41. The summed E-state index contributed by atoms with van der Waals surface area (Å²) in [6.07, 6.45) is 7.87. The number of piperidine rings is 2. The fourth-order valence-electron chi connectivity index (χ4n) is 5.15. The number of hydrogen-bond acceptors (Lipinski definition) is 6. The van der Waals surface area contributed by atoms with E-state index in [1.807, 2.05) is 54.4 Å². The zero-order valence-electron chi connectivity index (χ0n) is 20.5. The molecule has 0 bridgehead atoms. The number of pyridine rings is 1. The largest absolute Gasteiger partial charge is 0.497 e. The highest BCUT2D eigenvalue weighted by atomic mass is 16.5. The van der Waals surface area contributed by atoms with Gasteiger partial charge in [0.1, 0.15) is 23.3 Å². The van der Waals surface area contributed by atoms with Gasteiger partial charge in [-0.25, -0.2) is 0 Å². The topological polar surface area (TPSA) is 72.7 Å². The van der Waals surface area contributed by atoms with Crippen molar-refractivity contribution in [3.05, 3.63) is 60.6 Å². The van der Waals surface area contributed by atoms with Crippen molar-refractivity contribution in [1.29, 1.82) is 0 Å². The van der Waals surface area contributed by atoms with E-state index in [1.54, 1.807) is 24.2 Å². The number of rotatable bonds is 6. The smallest absolute Gasteiger partial charge is 0.272 e. The molecule has 5 rings (SSSR count). The van der Waals surface area contributed by atoms with E-state index in [2.05, 4.69) is 15.0 Å². The number of amides is 1. The van der Waals surface area contributed by atoms with Crippen LogP contribution in [-0.4, -0.2) is 75.9 Å². The monoisotopic (exact) mass is 475 g/mol. The predicted octanol–water partition coefficient (Wildman–Crippen LogP) is 3.64. The quantitative estimate of drug-likeness (QED) is 0.542. The molecule has 8 heteroatoms. The van der Waals surface area contributed by atoms with Gasteiger partial charge in [-0.15, -0.1) is 0 Å². The average molecular weight is 476 g/mol. The first-order valence-corrected chi connectivity index (χ1v) is 12.4. The highest BCUT2D eigenvalue weighted by Gasteiger charge is 2.31. The first kappa shape index (κ1) is 23.4. The van der Waals surface area contributed by atoms with Crippen molar-refractivity contribution < 1.29 is 14.3 Å². The third-order valence-corrected chi connectivity index (χ3v) is 7.16. The fraction of sp³-hybridized carbons (Fsp3) is 0.444. The van der Waals surface area contributed by atoms with Crippen molar-refractivity contribution in [2.45, 2.75) is 37.8 Å². The molecule has 35 heavy (non-hydrogen) atoms. The molecule has 2 aliphatic heterocycles. The van der Waals surface area contributed by atoms with Crippen molar-refractivity contribution in [2.24, 2.45) is 7.05 Å². The van der Waals surface area contributed by atoms with Crippen LogP contribution in [-0.2, 0) is 7.05 Å². The molecule has 8 nitrogen and oxygen atoms in total. The summed E-state index contributed by atoms with van der Waals surface area (Å²) < 4.78 is 13.1. The second-order valence-electron chi connectivity index (χ2n) is 9.33. The molecule has 2 saturated heterocycles. The molecule has 2 aliphatic rings. The Morgan fingerprint density at radius 1 is 0.943 bits per heavy atom. The van der Waals surface area contributed by atoms with Crippen LogP contribution in [0, 0.1) is 0 Å². The number of hydrogen-bond donors (Lipinski definition) is 0. The molecule has 0 radical (unpaired) electrons. The summed E-state index contributed by atoms with van der Waals surface area (Å²) in [5.41, 5.74) is 2.34. The summed E-state index contributed by atoms with van der Waals surface area (Å²) in [6.45, 7) is 3.63. The molecular weight excluding hydrogens is 442 g/mol. The van der Waals surface area contributed by atoms with E-state index in [-0.39, 0.29) is 12.0 Å². The molecular formula is C27H33N5O3. The van der Waals surface area contributed by atoms with Gasteiger partial charge in [0.2, 0.25) is 0 Å². The molecule has 0 N–H and O–H groups in total. The fourth-order valence-corrected chi connectivity index (χ4v) is 5.15. The first-order valence-electron chi connectivity index (χ1n) is 12.4. The number of aryl methyl sites for hydroxylation is 1. The van der Waals surface area contributed by atoms with Gasteiger partial charge in [-0.2, -0.15) is 5.10 Å². The van der Waals surface area contributed by atoms with Crippen molar-refractivity contribution in [1.82, 2.24) is 24.6 Å². The van der Waals surface area contributed by atoms with Gasteiger partial charge in [-0.3, -0.25) is 19.4 Å². The number of nitrogens with zero attached hydrogens (tertiary/aromatic N) is 5. The van der Waals surface area contributed by atoms with Crippen LogP contribution in [0.5, 0.6) is 11.5 Å². The summed E-state index contributed by atoms with van der Waals surface area (Å²) in [6, 6.07) is 14.0. The number of carbonyl (C=O) groups is 1. The normalized spacial score (nSPS) is 17.9. The van der Waals surface area contributed by atoms with E-state index in [0.717, 1.165) is 74.6 Å². The van der Waals surface area contributed by atoms with Crippen molar-refractivity contribution >= 4 is 5.91 Å². The van der Waals surface area contributed by atoms with E-state index >= 15 is 0 Å². The molecule has 1 amide bonds. The maximum atomic E-state index is 13.3. The highest BCUT2D eigenvalue weighted by molar-refractivity contribution is 5.93. The molecule has 0 saturated carbocycles. The molecule has 2 fully saturated rings. The van der Waals surface area contributed by atoms with Gasteiger partial charge in [-0.1, -0.05) is 12.1 Å². The number of ether oxygens (including phenoxy) is 2. The van der Waals surface area contributed by atoms with Crippen LogP contribution in [0.3, 0.4) is 0 Å². The van der Waals surface area contributed by atoms with Crippen LogP contribution in [0.25, 0.3) is 11.3 Å². The summed E-state index contributed by atoms with van der Waals surface area (Å²) in [5, 5.41) is 4.59. The summed E-state index contributed by atoms with van der Waals surface area (Å²) >= 11 is 0. The summed E-state index contributed by atoms with van der Waals surface area (Å²) in [7, 11) is 3.48. The van der Waals surface area contributed by atoms with Gasteiger partial charge in [0.25, 0.3) is 5.91 Å². The number of carbonyl (C=O) groups excluding carboxylic acids is 1. The van der Waals surface area contributed by atoms with E-state index < -0.39 is 0 Å². The van der Waals surface area contributed by atoms with Gasteiger partial charge >= 0.3 is 0 Å². The van der Waals surface area contributed by atoms with Crippen LogP contribution in [0.4, 0.5) is 0 Å². The van der Waals surface area contributed by atoms with Gasteiger partial charge in [0.15, 0.2) is 0 Å². The third-order valence-electron chi connectivity index (χ3n) is 7.16. The molecule has 2 aromatic heterocycles. The molecule has 3 aromatic rings. The van der Waals surface area contributed by atoms with Gasteiger partial charge in [0, 0.05) is 57.2 Å². The minimum Gasteiger partial charge on any atom is -0.497 e. The molecule has 4 heterocycles. The summed E-state index contributed by atoms with van der Waals surface area (Å²) in [5.74, 6) is 1.73. The minimum atomic E-state index is 0.0528. The first-order chi connectivity index (χ1) is 17.1. The highest BCUT2D eigenvalue weighted by Crippen LogP contribution is 2.26. The third kappa shape index (κ3) is 5.32. The Balaban J connectivity index is 1.14. The lowest BCUT2D eigenvalue weighted by atomic mass is 9.98. The van der Waals surface area contributed by atoms with E-state index in [4.69, 9.17) is 9.47 Å². The van der Waals surface area contributed by atoms with Gasteiger partial charge in [-0.05, 0) is 56.0 Å². The Bertz CT molecular complexity index is 1130. The standard InChI is InChI=1S/C27H33N5O3/c1-30-26(19-25(29-30)20-4-3-5-24(18-20)34-2)27(33)32-14-8-21(9-15-32)31-16-10-23(11-17-31)35-22-6-12-28-13-7-22/h3-7,12-13,18-19,21,23H,8-11,14-17H2,1-2H3. The lowest BCUT2D eigenvalue weighted by Crippen LogP contribution is -2.50. The van der Waals surface area contributed by atoms with Crippen LogP contribution < -0.4 is 9.47 Å². The van der Waals surface area contributed by atoms with Crippen LogP contribution in [0.1, 0.15) is 36.2 Å². The Morgan fingerprint density at radius 3 is 2.40 bits per heavy atom. The van der Waals surface area contributed by atoms with Crippen LogP contribution in [0.15, 0.2) is 54.9 Å². The second-order valence-corrected chi connectivity index (χ2v) is 9.33. The van der Waals surface area contributed by atoms with Gasteiger partial charge in [0.05, 0.1) is 12.8 Å². The number of benzene rings is 1. The van der Waals surface area contributed by atoms with Crippen LogP contribution in [0.2, 0.25) is 0 Å². The number of aromatic nitrogens is 3. The van der Waals surface area contributed by atoms with Crippen molar-refractivity contribution in [2.75, 3.05) is 33.3 Å². The van der Waals surface area contributed by atoms with E-state index in [0.29, 0.717) is 11.7 Å². The number of methoxy groups -OCH3 is 1. The maximum Gasteiger partial charge on any atom is 0.272 e. The van der Waals surface area contributed by atoms with Crippen molar-refractivity contribution in [3.8, 4) is 22.8 Å². The Labute approximate surface area is 206 Å². The minimum absolute atomic E-state index is 0.0528. The zero-order valence-corrected chi connectivity index (χ0v) is 20.5. The van der Waals surface area contributed by atoms with Crippen molar-refractivity contribution in [3.63, 3.8) is 0 Å². The molecule has 0 unspecified atom stereocenters. The Kier molecular flexibility index (Phi) is 6.99. The summed E-state index contributed by atoms with van der Waals surface area (Å²) in [4.78, 5) is 21.9. The molecule has 1 aromatic carbocycles. The molecule has 0 spiro atoms. The van der Waals surface area contributed by atoms with E-state index in [1.165, 1.54) is 0 Å². The SMILES string of the molecule is COc1cccc(-c2cc(C(=O)N3CCC(N4CCC(Oc5ccncc5)CC4)CC3)n(C)n2)c1. The molecule has 0 atom stereocenters. The number of likely N-dealkylation sites (tertiary alicyclic amines) is 2. The maximum absolute atomic E-state index is 13.3.